The summed E-state index contributed by atoms with van der Waals surface area (Å²) in [5.41, 5.74) is 0. The summed E-state index contributed by atoms with van der Waals surface area (Å²) in [5.74, 6) is -1.08. The molecule has 14 heavy (non-hydrogen) atoms. The summed E-state index contributed by atoms with van der Waals surface area (Å²) in [6.07, 6.45) is 2.98. The van der Waals surface area contributed by atoms with Gasteiger partial charge in [0.15, 0.2) is 0 Å². The molecule has 1 saturated heterocycles. The van der Waals surface area contributed by atoms with E-state index >= 15 is 0 Å². The molecule has 1 rings (SSSR count). The lowest BCUT2D eigenvalue weighted by molar-refractivity contribution is -0.131. The fourth-order valence-corrected chi connectivity index (χ4v) is 2.37. The second kappa shape index (κ2) is 4.54. The first-order valence-corrected chi connectivity index (χ1v) is 5.60. The number of hydrogen-bond acceptors (Lipinski definition) is 3. The Morgan fingerprint density at radius 3 is 2.86 bits per heavy atom. The number of rotatable bonds is 3. The molecule has 80 valence electrons. The maximum absolute atomic E-state index is 11.3. The third-order valence-electron chi connectivity index (χ3n) is 1.78. The first-order chi connectivity index (χ1) is 6.52. The molecule has 7 heteroatoms. The van der Waals surface area contributed by atoms with Gasteiger partial charge in [-0.2, -0.15) is 12.7 Å². The zero-order valence-electron chi connectivity index (χ0n) is 7.51. The van der Waals surface area contributed by atoms with Gasteiger partial charge in [0.1, 0.15) is 0 Å². The Balaban J connectivity index is 2.55. The van der Waals surface area contributed by atoms with Crippen LogP contribution in [0, 0.1) is 0 Å². The van der Waals surface area contributed by atoms with Crippen molar-refractivity contribution in [2.75, 3.05) is 19.6 Å². The number of hydrogen-bond donors (Lipinski definition) is 2. The number of nitrogens with zero attached hydrogens (tertiary/aromatic N) is 1. The van der Waals surface area contributed by atoms with Crippen LogP contribution in [-0.2, 0) is 15.0 Å². The lowest BCUT2D eigenvalue weighted by Gasteiger charge is -2.25. The second-order valence-corrected chi connectivity index (χ2v) is 4.61. The molecule has 0 bridgehead atoms. The largest absolute Gasteiger partial charge is 0.478 e. The highest BCUT2D eigenvalue weighted by molar-refractivity contribution is 7.87. The molecule has 0 spiro atoms. The van der Waals surface area contributed by atoms with E-state index in [4.69, 9.17) is 5.11 Å². The number of aliphatic carboxylic acids is 1. The first kappa shape index (κ1) is 11.2. The standard InChI is InChI=1S/C7H12N2O4S/c10-7(11)3-1-5-9-6-2-4-8-14(9,12)13/h1,3,8H,2,4-6H2,(H,10,11)/b3-1+. The van der Waals surface area contributed by atoms with Crippen molar-refractivity contribution in [2.24, 2.45) is 0 Å². The lowest BCUT2D eigenvalue weighted by atomic mass is 10.4. The van der Waals surface area contributed by atoms with E-state index in [0.29, 0.717) is 13.1 Å². The van der Waals surface area contributed by atoms with E-state index in [1.165, 1.54) is 10.4 Å². The van der Waals surface area contributed by atoms with Crippen molar-refractivity contribution in [1.82, 2.24) is 9.03 Å². The molecule has 1 aliphatic rings. The minimum atomic E-state index is -3.38. The van der Waals surface area contributed by atoms with Crippen molar-refractivity contribution in [1.29, 1.82) is 0 Å². The highest BCUT2D eigenvalue weighted by Crippen LogP contribution is 2.04. The Morgan fingerprint density at radius 2 is 2.29 bits per heavy atom. The highest BCUT2D eigenvalue weighted by atomic mass is 32.2. The molecule has 6 nitrogen and oxygen atoms in total. The van der Waals surface area contributed by atoms with Gasteiger partial charge < -0.3 is 5.11 Å². The van der Waals surface area contributed by atoms with Crippen LogP contribution in [0.15, 0.2) is 12.2 Å². The lowest BCUT2D eigenvalue weighted by Crippen LogP contribution is -2.46. The van der Waals surface area contributed by atoms with Gasteiger partial charge in [-0.1, -0.05) is 6.08 Å². The molecular weight excluding hydrogens is 208 g/mol. The van der Waals surface area contributed by atoms with Crippen LogP contribution in [0.5, 0.6) is 0 Å². The second-order valence-electron chi connectivity index (χ2n) is 2.85. The molecule has 0 amide bonds. The van der Waals surface area contributed by atoms with Crippen LogP contribution in [0.1, 0.15) is 6.42 Å². The van der Waals surface area contributed by atoms with Gasteiger partial charge in [-0.3, -0.25) is 0 Å². The predicted molar refractivity (Wildman–Crippen MR) is 49.9 cm³/mol. The number of carboxylic acid groups (broad SMARTS) is 1. The van der Waals surface area contributed by atoms with Crippen molar-refractivity contribution in [2.45, 2.75) is 6.42 Å². The smallest absolute Gasteiger partial charge is 0.328 e. The topological polar surface area (TPSA) is 86.7 Å². The average Bonchev–Trinajstić information content (AvgIpc) is 2.07. The first-order valence-electron chi connectivity index (χ1n) is 4.16. The van der Waals surface area contributed by atoms with Crippen LogP contribution < -0.4 is 4.72 Å². The van der Waals surface area contributed by atoms with Gasteiger partial charge in [-0.25, -0.2) is 9.52 Å². The van der Waals surface area contributed by atoms with Crippen molar-refractivity contribution >= 4 is 16.2 Å². The third-order valence-corrected chi connectivity index (χ3v) is 3.36. The van der Waals surface area contributed by atoms with E-state index in [9.17, 15) is 13.2 Å². The van der Waals surface area contributed by atoms with Crippen LogP contribution in [0.3, 0.4) is 0 Å². The molecule has 0 aliphatic carbocycles. The van der Waals surface area contributed by atoms with Crippen molar-refractivity contribution in [3.8, 4) is 0 Å². The van der Waals surface area contributed by atoms with Crippen LogP contribution in [0.25, 0.3) is 0 Å². The summed E-state index contributed by atoms with van der Waals surface area (Å²) in [4.78, 5) is 10.1. The highest BCUT2D eigenvalue weighted by Gasteiger charge is 2.23. The van der Waals surface area contributed by atoms with E-state index in [1.807, 2.05) is 0 Å². The van der Waals surface area contributed by atoms with Gasteiger partial charge in [0.05, 0.1) is 0 Å². The molecular formula is C7H12N2O4S. The Hall–Kier alpha value is -0.920. The van der Waals surface area contributed by atoms with Crippen molar-refractivity contribution < 1.29 is 18.3 Å². The number of carbonyl (C=O) groups is 1. The number of nitrogens with one attached hydrogen (secondary N) is 1. The normalized spacial score (nSPS) is 22.6. The summed E-state index contributed by atoms with van der Waals surface area (Å²) >= 11 is 0. The Morgan fingerprint density at radius 1 is 1.57 bits per heavy atom. The van der Waals surface area contributed by atoms with E-state index < -0.39 is 16.2 Å². The molecule has 0 unspecified atom stereocenters. The maximum atomic E-state index is 11.3. The molecule has 0 radical (unpaired) electrons. The minimum Gasteiger partial charge on any atom is -0.478 e. The SMILES string of the molecule is O=C(O)/C=C/CN1CCCNS1(=O)=O. The molecule has 1 fully saturated rings. The summed E-state index contributed by atoms with van der Waals surface area (Å²) in [6.45, 7) is 0.975. The zero-order valence-corrected chi connectivity index (χ0v) is 8.33. The van der Waals surface area contributed by atoms with E-state index in [-0.39, 0.29) is 6.54 Å². The quantitative estimate of drug-likeness (QED) is 0.608. The van der Waals surface area contributed by atoms with Gasteiger partial charge in [0.25, 0.3) is 10.2 Å². The molecule has 0 aromatic heterocycles. The average molecular weight is 220 g/mol. The van der Waals surface area contributed by atoms with Gasteiger partial charge in [-0.15, -0.1) is 0 Å². The fraction of sp³-hybridized carbons (Fsp3) is 0.571. The van der Waals surface area contributed by atoms with Crippen molar-refractivity contribution in [3.05, 3.63) is 12.2 Å². The van der Waals surface area contributed by atoms with Crippen LogP contribution in [0.2, 0.25) is 0 Å². The van der Waals surface area contributed by atoms with Gasteiger partial charge in [-0.05, 0) is 6.42 Å². The minimum absolute atomic E-state index is 0.0988. The van der Waals surface area contributed by atoms with E-state index in [1.54, 1.807) is 0 Å². The molecule has 0 atom stereocenters. The van der Waals surface area contributed by atoms with Gasteiger partial charge in [0, 0.05) is 25.7 Å². The summed E-state index contributed by atoms with van der Waals surface area (Å²) in [5, 5.41) is 8.30. The predicted octanol–water partition coefficient (Wildman–Crippen LogP) is -0.833. The van der Waals surface area contributed by atoms with Crippen LogP contribution >= 0.6 is 0 Å². The van der Waals surface area contributed by atoms with Gasteiger partial charge in [0.2, 0.25) is 0 Å². The molecule has 0 aromatic carbocycles. The summed E-state index contributed by atoms with van der Waals surface area (Å²) < 4.78 is 26.1. The Bertz CT molecular complexity index is 336. The van der Waals surface area contributed by atoms with Crippen LogP contribution in [0.4, 0.5) is 0 Å². The molecule has 1 heterocycles. The van der Waals surface area contributed by atoms with E-state index in [0.717, 1.165) is 12.5 Å². The molecule has 0 saturated carbocycles. The molecule has 1 aliphatic heterocycles. The van der Waals surface area contributed by atoms with E-state index in [2.05, 4.69) is 4.72 Å². The Labute approximate surface area is 82.4 Å². The van der Waals surface area contributed by atoms with Crippen molar-refractivity contribution in [3.63, 3.8) is 0 Å². The van der Waals surface area contributed by atoms with Gasteiger partial charge >= 0.3 is 5.97 Å². The summed E-state index contributed by atoms with van der Waals surface area (Å²) in [7, 11) is -3.38. The summed E-state index contributed by atoms with van der Waals surface area (Å²) in [6, 6.07) is 0. The zero-order chi connectivity index (χ0) is 10.6. The Kier molecular flexibility index (Phi) is 3.62. The van der Waals surface area contributed by atoms with Crippen LogP contribution in [-0.4, -0.2) is 43.4 Å². The molecule has 0 aromatic rings. The third kappa shape index (κ3) is 3.09. The fourth-order valence-electron chi connectivity index (χ4n) is 1.13. The molecule has 2 N–H and O–H groups in total. The number of carboxylic acids is 1. The monoisotopic (exact) mass is 220 g/mol. The maximum Gasteiger partial charge on any atom is 0.328 e.